The van der Waals surface area contributed by atoms with Gasteiger partial charge in [-0.1, -0.05) is 71.8 Å². The lowest BCUT2D eigenvalue weighted by Gasteiger charge is -2.38. The summed E-state index contributed by atoms with van der Waals surface area (Å²) in [6.07, 6.45) is 12.1. The highest BCUT2D eigenvalue weighted by Crippen LogP contribution is 2.54. The Labute approximate surface area is 175 Å². The number of fused-ring (bicyclic) bond motifs is 1. The van der Waals surface area contributed by atoms with E-state index >= 15 is 0 Å². The molecule has 140 valence electrons. The lowest BCUT2D eigenvalue weighted by Crippen LogP contribution is -2.40. The van der Waals surface area contributed by atoms with Gasteiger partial charge >= 0.3 is 0 Å². The minimum atomic E-state index is -2.32. The third-order valence-corrected chi connectivity index (χ3v) is 11.6. The van der Waals surface area contributed by atoms with Crippen LogP contribution in [0.15, 0.2) is 58.0 Å². The zero-order valence-electron chi connectivity index (χ0n) is 15.7. The Kier molecular flexibility index (Phi) is 6.01. The molecule has 0 saturated heterocycles. The molecule has 0 fully saturated rings. The van der Waals surface area contributed by atoms with E-state index in [0.29, 0.717) is 11.2 Å². The fourth-order valence-electron chi connectivity index (χ4n) is 3.36. The van der Waals surface area contributed by atoms with Crippen molar-refractivity contribution >= 4 is 47.6 Å². The summed E-state index contributed by atoms with van der Waals surface area (Å²) in [7, 11) is -2.32. The third-order valence-electron chi connectivity index (χ3n) is 5.80. The molecule has 0 aromatic heterocycles. The Morgan fingerprint density at radius 3 is 2.62 bits per heavy atom. The quantitative estimate of drug-likeness (QED) is 0.457. The summed E-state index contributed by atoms with van der Waals surface area (Å²) in [5.41, 5.74) is 1.15. The highest BCUT2D eigenvalue weighted by Gasteiger charge is 2.42. The summed E-state index contributed by atoms with van der Waals surface area (Å²) in [5.74, 6) is 0.655. The van der Waals surface area contributed by atoms with E-state index in [-0.39, 0.29) is 11.0 Å². The van der Waals surface area contributed by atoms with Crippen LogP contribution in [0.5, 0.6) is 0 Å². The predicted molar refractivity (Wildman–Crippen MR) is 121 cm³/mol. The lowest BCUT2D eigenvalue weighted by molar-refractivity contribution is 0.438. The van der Waals surface area contributed by atoms with Crippen LogP contribution in [-0.2, 0) is 0 Å². The Bertz CT molecular complexity index is 779. The van der Waals surface area contributed by atoms with E-state index in [9.17, 15) is 4.80 Å². The molecule has 5 heteroatoms. The molecular formula is C21H26BrClOSSi. The van der Waals surface area contributed by atoms with Crippen LogP contribution in [-0.4, -0.2) is 18.4 Å². The molecule has 0 spiro atoms. The fourth-order valence-corrected chi connectivity index (χ4v) is 6.11. The second kappa shape index (κ2) is 7.63. The molecule has 26 heavy (non-hydrogen) atoms. The van der Waals surface area contributed by atoms with Crippen molar-refractivity contribution in [3.63, 3.8) is 0 Å². The van der Waals surface area contributed by atoms with Crippen LogP contribution in [0, 0.1) is 5.92 Å². The van der Waals surface area contributed by atoms with Crippen LogP contribution in [0.25, 0.3) is 0 Å². The van der Waals surface area contributed by atoms with Crippen LogP contribution >= 0.6 is 39.3 Å². The molecule has 2 aliphatic rings. The van der Waals surface area contributed by atoms with Gasteiger partial charge in [-0.15, -0.1) is 11.8 Å². The second-order valence-corrected chi connectivity index (χ2v) is 15.4. The first-order valence-corrected chi connectivity index (χ1v) is 14.0. The van der Waals surface area contributed by atoms with Crippen molar-refractivity contribution in [2.24, 2.45) is 5.92 Å². The molecule has 0 saturated carbocycles. The van der Waals surface area contributed by atoms with Crippen molar-refractivity contribution in [2.75, 3.05) is 0 Å². The molecule has 0 radical (unpaired) electrons. The smallest absolute Gasteiger partial charge is 0.188 e. The largest absolute Gasteiger partial charge is 0.432 e. The zero-order chi connectivity index (χ0) is 19.1. The standard InChI is InChI=1S/C21H26BrClOSSi/c1-21(2,26(3,4)24)13-17(16-12-15(22)9-10-18(16)23)20-11-14-7-5-6-8-19(14)25-20/h5-12,14,17,19,24H,13H2,1-4H3. The average molecular weight is 470 g/mol. The summed E-state index contributed by atoms with van der Waals surface area (Å²) in [6.45, 7) is 8.47. The van der Waals surface area contributed by atoms with Gasteiger partial charge in [0, 0.05) is 26.6 Å². The molecule has 1 aromatic carbocycles. The van der Waals surface area contributed by atoms with E-state index < -0.39 is 8.32 Å². The van der Waals surface area contributed by atoms with Crippen molar-refractivity contribution in [1.82, 2.24) is 0 Å². The van der Waals surface area contributed by atoms with Gasteiger partial charge in [0.2, 0.25) is 0 Å². The van der Waals surface area contributed by atoms with Crippen LogP contribution in [0.4, 0.5) is 0 Å². The van der Waals surface area contributed by atoms with Gasteiger partial charge in [-0.2, -0.15) is 0 Å². The minimum absolute atomic E-state index is 0.121. The van der Waals surface area contributed by atoms with E-state index in [2.05, 4.69) is 66.2 Å². The monoisotopic (exact) mass is 468 g/mol. The predicted octanol–water partition coefficient (Wildman–Crippen LogP) is 7.30. The van der Waals surface area contributed by atoms with E-state index in [0.717, 1.165) is 21.5 Å². The van der Waals surface area contributed by atoms with Gasteiger partial charge < -0.3 is 4.80 Å². The molecule has 0 bridgehead atoms. The molecular weight excluding hydrogens is 444 g/mol. The number of allylic oxidation sites excluding steroid dienone is 5. The molecule has 1 aromatic rings. The van der Waals surface area contributed by atoms with E-state index in [1.165, 1.54) is 4.91 Å². The van der Waals surface area contributed by atoms with Gasteiger partial charge in [0.1, 0.15) is 0 Å². The Balaban J connectivity index is 2.01. The van der Waals surface area contributed by atoms with Gasteiger partial charge in [-0.3, -0.25) is 0 Å². The van der Waals surface area contributed by atoms with Crippen molar-refractivity contribution < 1.29 is 4.80 Å². The molecule has 3 atom stereocenters. The maximum absolute atomic E-state index is 10.9. The maximum atomic E-state index is 10.9. The lowest BCUT2D eigenvalue weighted by atomic mass is 9.87. The number of hydrogen-bond donors (Lipinski definition) is 1. The van der Waals surface area contributed by atoms with E-state index in [4.69, 9.17) is 11.6 Å². The van der Waals surface area contributed by atoms with Gasteiger partial charge in [-0.25, -0.2) is 0 Å². The van der Waals surface area contributed by atoms with Gasteiger partial charge in [0.05, 0.1) is 0 Å². The summed E-state index contributed by atoms with van der Waals surface area (Å²) in [5, 5.41) is 1.16. The van der Waals surface area contributed by atoms with Crippen LogP contribution in [0.3, 0.4) is 0 Å². The number of benzene rings is 1. The highest BCUT2D eigenvalue weighted by molar-refractivity contribution is 9.10. The van der Waals surface area contributed by atoms with Crippen LogP contribution in [0.2, 0.25) is 23.2 Å². The van der Waals surface area contributed by atoms with Gasteiger partial charge in [0.25, 0.3) is 0 Å². The Hall–Kier alpha value is -0.263. The Morgan fingerprint density at radius 1 is 1.27 bits per heavy atom. The van der Waals surface area contributed by atoms with E-state index in [1.54, 1.807) is 0 Å². The number of thioether (sulfide) groups is 1. The van der Waals surface area contributed by atoms with Gasteiger partial charge in [0.15, 0.2) is 8.32 Å². The Morgan fingerprint density at radius 2 is 1.96 bits per heavy atom. The third kappa shape index (κ3) is 4.25. The van der Waals surface area contributed by atoms with Crippen molar-refractivity contribution in [3.05, 3.63) is 68.5 Å². The number of rotatable bonds is 5. The molecule has 3 unspecified atom stereocenters. The summed E-state index contributed by atoms with van der Waals surface area (Å²) < 4.78 is 1.04. The fraction of sp³-hybridized carbons (Fsp3) is 0.429. The maximum Gasteiger partial charge on any atom is 0.188 e. The highest BCUT2D eigenvalue weighted by atomic mass is 79.9. The van der Waals surface area contributed by atoms with Crippen LogP contribution in [0.1, 0.15) is 31.7 Å². The summed E-state index contributed by atoms with van der Waals surface area (Å²) in [6, 6.07) is 6.10. The molecule has 3 rings (SSSR count). The number of halogens is 2. The number of hydrogen-bond acceptors (Lipinski definition) is 2. The SMILES string of the molecule is CC(C)(CC(C1=CC2C=CC=CC2S1)c1cc(Br)ccc1Cl)[Si](C)(C)O. The minimum Gasteiger partial charge on any atom is -0.432 e. The molecule has 1 heterocycles. The van der Waals surface area contributed by atoms with Crippen molar-refractivity contribution in [2.45, 2.75) is 49.6 Å². The zero-order valence-corrected chi connectivity index (χ0v) is 19.8. The van der Waals surface area contributed by atoms with Crippen molar-refractivity contribution in [3.8, 4) is 0 Å². The normalized spacial score (nSPS) is 23.7. The molecule has 0 amide bonds. The van der Waals surface area contributed by atoms with E-state index in [1.807, 2.05) is 37.0 Å². The molecule has 1 N–H and O–H groups in total. The molecule has 1 aliphatic heterocycles. The second-order valence-electron chi connectivity index (χ2n) is 8.36. The first-order valence-electron chi connectivity index (χ1n) is 8.99. The van der Waals surface area contributed by atoms with Crippen molar-refractivity contribution in [1.29, 1.82) is 0 Å². The summed E-state index contributed by atoms with van der Waals surface area (Å²) >= 11 is 12.2. The van der Waals surface area contributed by atoms with Crippen LogP contribution < -0.4 is 0 Å². The first kappa shape index (κ1) is 20.5. The van der Waals surface area contributed by atoms with Gasteiger partial charge in [-0.05, 0) is 53.2 Å². The average Bonchev–Trinajstić information content (AvgIpc) is 2.98. The molecule has 1 aliphatic carbocycles. The topological polar surface area (TPSA) is 20.2 Å². The molecule has 1 nitrogen and oxygen atoms in total. The first-order chi connectivity index (χ1) is 12.1. The summed E-state index contributed by atoms with van der Waals surface area (Å²) in [4.78, 5) is 12.2.